The first-order valence-corrected chi connectivity index (χ1v) is 14.0. The second kappa shape index (κ2) is 10.1. The molecule has 198 valence electrons. The molecule has 0 atom stereocenters. The van der Waals surface area contributed by atoms with Crippen LogP contribution in [0.25, 0.3) is 21.5 Å². The smallest absolute Gasteiger partial charge is 0.335 e. The summed E-state index contributed by atoms with van der Waals surface area (Å²) in [6.07, 6.45) is 2.63. The van der Waals surface area contributed by atoms with E-state index in [1.165, 1.54) is 11.3 Å². The Kier molecular flexibility index (Phi) is 6.80. The van der Waals surface area contributed by atoms with Crippen molar-refractivity contribution in [2.45, 2.75) is 43.9 Å². The van der Waals surface area contributed by atoms with Gasteiger partial charge in [0, 0.05) is 43.0 Å². The molecule has 2 aromatic carbocycles. The van der Waals surface area contributed by atoms with Gasteiger partial charge in [0.15, 0.2) is 5.13 Å². The third-order valence-corrected chi connectivity index (χ3v) is 8.84. The standard InChI is InChI=1S/C27H24Cl2FN3O4S/c28-18-2-1-3-19(29)22(18)23-17(24(37-32-23)15-4-5-15)13-36-14-27(30)8-10-33(11-9-27)26-31-20-7-6-16(25(34)35)12-21(20)38-26/h1-3,6-7,12,15H,4-5,8-11,13-14H2,(H,34,35). The topological polar surface area (TPSA) is 88.7 Å². The Morgan fingerprint density at radius 3 is 2.63 bits per heavy atom. The number of carboxylic acids is 1. The molecule has 1 saturated heterocycles. The van der Waals surface area contributed by atoms with Crippen LogP contribution in [0.4, 0.5) is 9.52 Å². The fourth-order valence-corrected chi connectivity index (χ4v) is 6.44. The van der Waals surface area contributed by atoms with E-state index in [2.05, 4.69) is 10.1 Å². The van der Waals surface area contributed by atoms with Crippen LogP contribution in [0.15, 0.2) is 40.9 Å². The minimum atomic E-state index is -1.47. The van der Waals surface area contributed by atoms with E-state index in [0.717, 1.165) is 39.5 Å². The van der Waals surface area contributed by atoms with Gasteiger partial charge < -0.3 is 19.3 Å². The highest BCUT2D eigenvalue weighted by Gasteiger charge is 2.37. The van der Waals surface area contributed by atoms with Gasteiger partial charge in [0.05, 0.1) is 39.0 Å². The number of anilines is 1. The number of nitrogens with zero attached hydrogens (tertiary/aromatic N) is 3. The molecule has 6 rings (SSSR count). The van der Waals surface area contributed by atoms with Crippen molar-refractivity contribution in [3.05, 3.63) is 63.3 Å². The van der Waals surface area contributed by atoms with Crippen molar-refractivity contribution >= 4 is 55.9 Å². The van der Waals surface area contributed by atoms with Crippen LogP contribution >= 0.6 is 34.5 Å². The van der Waals surface area contributed by atoms with Gasteiger partial charge in [-0.3, -0.25) is 0 Å². The second-order valence-corrected chi connectivity index (χ2v) is 11.7. The number of halogens is 3. The Hall–Kier alpha value is -2.72. The number of aromatic nitrogens is 2. The van der Waals surface area contributed by atoms with Gasteiger partial charge >= 0.3 is 5.97 Å². The van der Waals surface area contributed by atoms with Gasteiger partial charge in [0.2, 0.25) is 0 Å². The Morgan fingerprint density at radius 2 is 1.95 bits per heavy atom. The van der Waals surface area contributed by atoms with Crippen LogP contribution in [0.2, 0.25) is 10.0 Å². The molecule has 0 radical (unpaired) electrons. The first-order valence-electron chi connectivity index (χ1n) is 12.4. The molecule has 2 fully saturated rings. The van der Waals surface area contributed by atoms with Gasteiger partial charge in [-0.2, -0.15) is 0 Å². The largest absolute Gasteiger partial charge is 0.478 e. The number of alkyl halides is 1. The Labute approximate surface area is 232 Å². The van der Waals surface area contributed by atoms with Crippen molar-refractivity contribution in [2.75, 3.05) is 24.6 Å². The Bertz CT molecular complexity index is 1490. The number of hydrogen-bond donors (Lipinski definition) is 1. The van der Waals surface area contributed by atoms with Crippen molar-refractivity contribution in [3.63, 3.8) is 0 Å². The molecule has 0 spiro atoms. The predicted molar refractivity (Wildman–Crippen MR) is 145 cm³/mol. The molecule has 3 heterocycles. The molecular formula is C27H24Cl2FN3O4S. The lowest BCUT2D eigenvalue weighted by molar-refractivity contribution is -0.00756. The number of aromatic carboxylic acids is 1. The molecule has 0 unspecified atom stereocenters. The minimum absolute atomic E-state index is 0.0480. The molecule has 7 nitrogen and oxygen atoms in total. The first-order chi connectivity index (χ1) is 18.3. The monoisotopic (exact) mass is 575 g/mol. The highest BCUT2D eigenvalue weighted by Crippen LogP contribution is 2.46. The number of rotatable bonds is 8. The van der Waals surface area contributed by atoms with Gasteiger partial charge in [-0.25, -0.2) is 14.2 Å². The molecule has 0 amide bonds. The highest BCUT2D eigenvalue weighted by molar-refractivity contribution is 7.22. The van der Waals surface area contributed by atoms with Crippen LogP contribution in [-0.2, 0) is 11.3 Å². The summed E-state index contributed by atoms with van der Waals surface area (Å²) >= 11 is 14.3. The maximum Gasteiger partial charge on any atom is 0.335 e. The normalized spacial score (nSPS) is 17.3. The fourth-order valence-electron chi connectivity index (χ4n) is 4.81. The molecule has 38 heavy (non-hydrogen) atoms. The number of thiazole rings is 1. The SMILES string of the molecule is O=C(O)c1ccc2nc(N3CCC(F)(COCc4c(-c5c(Cl)cccc5Cl)noc4C4CC4)CC3)sc2c1. The van der Waals surface area contributed by atoms with Crippen LogP contribution in [0.3, 0.4) is 0 Å². The molecule has 1 aliphatic carbocycles. The van der Waals surface area contributed by atoms with E-state index in [-0.39, 0.29) is 18.8 Å². The average Bonchev–Trinajstić information content (AvgIpc) is 3.51. The quantitative estimate of drug-likeness (QED) is 0.235. The van der Waals surface area contributed by atoms with E-state index in [9.17, 15) is 9.90 Å². The van der Waals surface area contributed by atoms with E-state index >= 15 is 4.39 Å². The number of fused-ring (bicyclic) bond motifs is 1. The number of carboxylic acid groups (broad SMARTS) is 1. The third-order valence-electron chi connectivity index (χ3n) is 7.13. The zero-order chi connectivity index (χ0) is 26.4. The summed E-state index contributed by atoms with van der Waals surface area (Å²) in [6, 6.07) is 10.2. The van der Waals surface area contributed by atoms with Crippen molar-refractivity contribution in [3.8, 4) is 11.3 Å². The summed E-state index contributed by atoms with van der Waals surface area (Å²) in [6.45, 7) is 1.10. The summed E-state index contributed by atoms with van der Waals surface area (Å²) < 4.78 is 28.2. The molecule has 4 aromatic rings. The van der Waals surface area contributed by atoms with E-state index in [1.54, 1.807) is 36.4 Å². The maximum atomic E-state index is 15.7. The van der Waals surface area contributed by atoms with E-state index in [0.29, 0.717) is 53.2 Å². The van der Waals surface area contributed by atoms with E-state index in [4.69, 9.17) is 32.5 Å². The minimum Gasteiger partial charge on any atom is -0.478 e. The third kappa shape index (κ3) is 5.00. The molecule has 1 saturated carbocycles. The number of hydrogen-bond acceptors (Lipinski definition) is 7. The van der Waals surface area contributed by atoms with Crippen LogP contribution in [-0.4, -0.2) is 46.6 Å². The van der Waals surface area contributed by atoms with Crippen molar-refractivity contribution in [2.24, 2.45) is 0 Å². The lowest BCUT2D eigenvalue weighted by Crippen LogP contribution is -2.44. The number of benzene rings is 2. The average molecular weight is 576 g/mol. The van der Waals surface area contributed by atoms with Crippen LogP contribution in [0.5, 0.6) is 0 Å². The molecular weight excluding hydrogens is 552 g/mol. The fraction of sp³-hybridized carbons (Fsp3) is 0.370. The maximum absolute atomic E-state index is 15.7. The lowest BCUT2D eigenvalue weighted by Gasteiger charge is -2.36. The Balaban J connectivity index is 1.12. The van der Waals surface area contributed by atoms with Crippen molar-refractivity contribution < 1.29 is 23.6 Å². The van der Waals surface area contributed by atoms with Gasteiger partial charge in [0.25, 0.3) is 0 Å². The molecule has 1 aliphatic heterocycles. The number of piperidine rings is 1. The van der Waals surface area contributed by atoms with E-state index in [1.807, 2.05) is 4.90 Å². The molecule has 2 aliphatic rings. The second-order valence-electron chi connectivity index (χ2n) is 9.86. The van der Waals surface area contributed by atoms with Crippen LogP contribution in [0.1, 0.15) is 53.3 Å². The van der Waals surface area contributed by atoms with Crippen LogP contribution in [0, 0.1) is 0 Å². The zero-order valence-electron chi connectivity index (χ0n) is 20.3. The zero-order valence-corrected chi connectivity index (χ0v) is 22.6. The lowest BCUT2D eigenvalue weighted by atomic mass is 9.94. The van der Waals surface area contributed by atoms with Crippen LogP contribution < -0.4 is 4.90 Å². The predicted octanol–water partition coefficient (Wildman–Crippen LogP) is 7.36. The summed E-state index contributed by atoms with van der Waals surface area (Å²) in [5, 5.41) is 15.2. The molecule has 11 heteroatoms. The Morgan fingerprint density at radius 1 is 1.21 bits per heavy atom. The summed E-state index contributed by atoms with van der Waals surface area (Å²) in [7, 11) is 0. The summed E-state index contributed by atoms with van der Waals surface area (Å²) in [5.41, 5.74) is 1.42. The van der Waals surface area contributed by atoms with Gasteiger partial charge in [-0.1, -0.05) is 45.8 Å². The van der Waals surface area contributed by atoms with Gasteiger partial charge in [0.1, 0.15) is 17.1 Å². The molecule has 1 N–H and O–H groups in total. The summed E-state index contributed by atoms with van der Waals surface area (Å²) in [4.78, 5) is 17.9. The van der Waals surface area contributed by atoms with Crippen molar-refractivity contribution in [1.29, 1.82) is 0 Å². The van der Waals surface area contributed by atoms with Gasteiger partial charge in [-0.15, -0.1) is 0 Å². The number of carbonyl (C=O) groups is 1. The van der Waals surface area contributed by atoms with Crippen molar-refractivity contribution in [1.82, 2.24) is 10.1 Å². The molecule has 0 bridgehead atoms. The first kappa shape index (κ1) is 25.6. The number of ether oxygens (including phenoxy) is 1. The highest BCUT2D eigenvalue weighted by atomic mass is 35.5. The van der Waals surface area contributed by atoms with Gasteiger partial charge in [-0.05, 0) is 43.2 Å². The molecule has 2 aromatic heterocycles. The summed E-state index contributed by atoms with van der Waals surface area (Å²) in [5.74, 6) is 0.0826. The van der Waals surface area contributed by atoms with E-state index < -0.39 is 11.6 Å².